The number of aliphatic hydroxyl groups is 1. The van der Waals surface area contributed by atoms with Crippen LogP contribution in [0.15, 0.2) is 0 Å². The zero-order chi connectivity index (χ0) is 10.4. The Morgan fingerprint density at radius 3 is 2.86 bits per heavy atom. The first-order valence-electron chi connectivity index (χ1n) is 5.31. The van der Waals surface area contributed by atoms with E-state index in [1.807, 2.05) is 0 Å². The van der Waals surface area contributed by atoms with Crippen LogP contribution in [0.3, 0.4) is 0 Å². The van der Waals surface area contributed by atoms with Crippen LogP contribution < -0.4 is 5.32 Å². The Morgan fingerprint density at radius 1 is 1.57 bits per heavy atom. The van der Waals surface area contributed by atoms with Gasteiger partial charge in [0.1, 0.15) is 0 Å². The van der Waals surface area contributed by atoms with Gasteiger partial charge < -0.3 is 15.2 Å². The van der Waals surface area contributed by atoms with Crippen LogP contribution in [0.5, 0.6) is 0 Å². The molecule has 0 atom stereocenters. The lowest BCUT2D eigenvalue weighted by molar-refractivity contribution is 0.0420. The standard InChI is InChI=1S/C10H19NO3/c1-2-3-4-14-10(13)11-7-8-5-9(12)6-8/h8-9,12H,2-7H2,1H3,(H,11,13)/t8-,9-. The lowest BCUT2D eigenvalue weighted by atomic mass is 9.82. The van der Waals surface area contributed by atoms with Crippen molar-refractivity contribution in [3.8, 4) is 0 Å². The summed E-state index contributed by atoms with van der Waals surface area (Å²) in [6.45, 7) is 3.18. The zero-order valence-corrected chi connectivity index (χ0v) is 8.66. The largest absolute Gasteiger partial charge is 0.450 e. The molecule has 1 rings (SSSR count). The molecule has 0 aromatic rings. The van der Waals surface area contributed by atoms with Gasteiger partial charge in [-0.1, -0.05) is 13.3 Å². The quantitative estimate of drug-likeness (QED) is 0.659. The number of unbranched alkanes of at least 4 members (excludes halogenated alkanes) is 1. The summed E-state index contributed by atoms with van der Waals surface area (Å²) in [6.07, 6.45) is 3.06. The van der Waals surface area contributed by atoms with E-state index in [9.17, 15) is 4.79 Å². The molecule has 0 radical (unpaired) electrons. The molecule has 0 saturated heterocycles. The topological polar surface area (TPSA) is 58.6 Å². The van der Waals surface area contributed by atoms with Crippen molar-refractivity contribution in [1.29, 1.82) is 0 Å². The Morgan fingerprint density at radius 2 is 2.29 bits per heavy atom. The van der Waals surface area contributed by atoms with E-state index < -0.39 is 0 Å². The maximum absolute atomic E-state index is 11.0. The van der Waals surface area contributed by atoms with Crippen LogP contribution in [0.2, 0.25) is 0 Å². The molecule has 0 aromatic heterocycles. The highest BCUT2D eigenvalue weighted by Gasteiger charge is 2.27. The molecule has 0 aromatic carbocycles. The normalized spacial score (nSPS) is 25.3. The van der Waals surface area contributed by atoms with Crippen LogP contribution in [0, 0.1) is 5.92 Å². The number of ether oxygens (including phenoxy) is 1. The molecule has 0 aliphatic heterocycles. The first-order valence-corrected chi connectivity index (χ1v) is 5.31. The third-order valence-corrected chi connectivity index (χ3v) is 2.48. The van der Waals surface area contributed by atoms with E-state index in [0.717, 1.165) is 25.7 Å². The van der Waals surface area contributed by atoms with Crippen LogP contribution in [0.25, 0.3) is 0 Å². The van der Waals surface area contributed by atoms with Crippen LogP contribution in [-0.4, -0.2) is 30.5 Å². The summed E-state index contributed by atoms with van der Waals surface area (Å²) in [5, 5.41) is 11.7. The second-order valence-electron chi connectivity index (χ2n) is 3.86. The molecule has 0 bridgehead atoms. The van der Waals surface area contributed by atoms with Crippen LogP contribution in [0.4, 0.5) is 4.79 Å². The second-order valence-corrected chi connectivity index (χ2v) is 3.86. The number of carbonyl (C=O) groups excluding carboxylic acids is 1. The monoisotopic (exact) mass is 201 g/mol. The summed E-state index contributed by atoms with van der Waals surface area (Å²) < 4.78 is 4.92. The minimum atomic E-state index is -0.333. The summed E-state index contributed by atoms with van der Waals surface area (Å²) in [6, 6.07) is 0. The minimum Gasteiger partial charge on any atom is -0.450 e. The van der Waals surface area contributed by atoms with Gasteiger partial charge in [-0.15, -0.1) is 0 Å². The number of amides is 1. The van der Waals surface area contributed by atoms with E-state index in [-0.39, 0.29) is 12.2 Å². The molecule has 2 N–H and O–H groups in total. The molecule has 1 amide bonds. The third-order valence-electron chi connectivity index (χ3n) is 2.48. The summed E-state index contributed by atoms with van der Waals surface area (Å²) in [7, 11) is 0. The Labute approximate surface area is 84.6 Å². The highest BCUT2D eigenvalue weighted by molar-refractivity contribution is 5.67. The van der Waals surface area contributed by atoms with Crippen molar-refractivity contribution in [1.82, 2.24) is 5.32 Å². The number of alkyl carbamates (subject to hydrolysis) is 1. The van der Waals surface area contributed by atoms with E-state index in [0.29, 0.717) is 19.1 Å². The maximum Gasteiger partial charge on any atom is 0.407 e. The number of rotatable bonds is 5. The highest BCUT2D eigenvalue weighted by atomic mass is 16.5. The lowest BCUT2D eigenvalue weighted by Gasteiger charge is -2.31. The molecule has 0 spiro atoms. The third kappa shape index (κ3) is 3.96. The molecule has 4 heteroatoms. The van der Waals surface area contributed by atoms with E-state index in [1.54, 1.807) is 0 Å². The molecule has 1 aliphatic carbocycles. The van der Waals surface area contributed by atoms with Gasteiger partial charge in [-0.25, -0.2) is 4.79 Å². The van der Waals surface area contributed by atoms with Crippen molar-refractivity contribution >= 4 is 6.09 Å². The summed E-state index contributed by atoms with van der Waals surface area (Å²) in [5.41, 5.74) is 0. The van der Waals surface area contributed by atoms with Crippen molar-refractivity contribution in [2.24, 2.45) is 5.92 Å². The lowest BCUT2D eigenvalue weighted by Crippen LogP contribution is -2.38. The first kappa shape index (κ1) is 11.3. The van der Waals surface area contributed by atoms with Crippen molar-refractivity contribution < 1.29 is 14.6 Å². The number of nitrogens with one attached hydrogen (secondary N) is 1. The van der Waals surface area contributed by atoms with Crippen molar-refractivity contribution in [3.05, 3.63) is 0 Å². The van der Waals surface area contributed by atoms with Crippen molar-refractivity contribution in [3.63, 3.8) is 0 Å². The second kappa shape index (κ2) is 5.86. The average Bonchev–Trinajstić information content (AvgIpc) is 2.11. The molecule has 1 saturated carbocycles. The predicted octanol–water partition coefficient (Wildman–Crippen LogP) is 1.28. The Kier molecular flexibility index (Phi) is 4.73. The fourth-order valence-electron chi connectivity index (χ4n) is 1.46. The van der Waals surface area contributed by atoms with E-state index >= 15 is 0 Å². The number of carbonyl (C=O) groups is 1. The van der Waals surface area contributed by atoms with Gasteiger partial charge in [0, 0.05) is 6.54 Å². The summed E-state index contributed by atoms with van der Waals surface area (Å²) in [4.78, 5) is 11.0. The smallest absolute Gasteiger partial charge is 0.407 e. The Hall–Kier alpha value is -0.770. The van der Waals surface area contributed by atoms with Crippen LogP contribution >= 0.6 is 0 Å². The van der Waals surface area contributed by atoms with E-state index in [1.165, 1.54) is 0 Å². The van der Waals surface area contributed by atoms with E-state index in [2.05, 4.69) is 12.2 Å². The SMILES string of the molecule is CCCCOC(=O)NC[C@H]1C[C@H](O)C1. The molecule has 1 aliphatic rings. The molecular weight excluding hydrogens is 182 g/mol. The predicted molar refractivity (Wildman–Crippen MR) is 53.0 cm³/mol. The molecule has 4 nitrogen and oxygen atoms in total. The van der Waals surface area contributed by atoms with Gasteiger partial charge in [0.25, 0.3) is 0 Å². The molecule has 82 valence electrons. The van der Waals surface area contributed by atoms with Gasteiger partial charge in [-0.2, -0.15) is 0 Å². The average molecular weight is 201 g/mol. The maximum atomic E-state index is 11.0. The van der Waals surface area contributed by atoms with Gasteiger partial charge in [0.15, 0.2) is 0 Å². The summed E-state index contributed by atoms with van der Waals surface area (Å²) in [5.74, 6) is 0.434. The minimum absolute atomic E-state index is 0.155. The fraction of sp³-hybridized carbons (Fsp3) is 0.900. The van der Waals surface area contributed by atoms with Gasteiger partial charge in [-0.3, -0.25) is 0 Å². The van der Waals surface area contributed by atoms with Gasteiger partial charge in [0.05, 0.1) is 12.7 Å². The van der Waals surface area contributed by atoms with Crippen molar-refractivity contribution in [2.45, 2.75) is 38.7 Å². The molecule has 14 heavy (non-hydrogen) atoms. The highest BCUT2D eigenvalue weighted by Crippen LogP contribution is 2.25. The van der Waals surface area contributed by atoms with Gasteiger partial charge >= 0.3 is 6.09 Å². The van der Waals surface area contributed by atoms with Crippen LogP contribution in [0.1, 0.15) is 32.6 Å². The Bertz CT molecular complexity index is 178. The Balaban J connectivity index is 1.93. The number of hydrogen-bond acceptors (Lipinski definition) is 3. The zero-order valence-electron chi connectivity index (χ0n) is 8.66. The van der Waals surface area contributed by atoms with E-state index in [4.69, 9.17) is 9.84 Å². The van der Waals surface area contributed by atoms with Crippen LogP contribution in [-0.2, 0) is 4.74 Å². The number of aliphatic hydroxyl groups excluding tert-OH is 1. The van der Waals surface area contributed by atoms with Crippen molar-refractivity contribution in [2.75, 3.05) is 13.2 Å². The van der Waals surface area contributed by atoms with Gasteiger partial charge in [0.2, 0.25) is 0 Å². The fourth-order valence-corrected chi connectivity index (χ4v) is 1.46. The van der Waals surface area contributed by atoms with Gasteiger partial charge in [-0.05, 0) is 25.2 Å². The summed E-state index contributed by atoms with van der Waals surface area (Å²) >= 11 is 0. The molecular formula is C10H19NO3. The molecule has 1 fully saturated rings. The molecule has 0 heterocycles. The molecule has 0 unspecified atom stereocenters. The first-order chi connectivity index (χ1) is 6.72. The number of hydrogen-bond donors (Lipinski definition) is 2.